The van der Waals surface area contributed by atoms with E-state index >= 15 is 0 Å². The average molecular weight is 231 g/mol. The lowest BCUT2D eigenvalue weighted by Crippen LogP contribution is -2.15. The molecule has 2 aromatic rings. The van der Waals surface area contributed by atoms with Crippen molar-refractivity contribution >= 4 is 17.4 Å². The van der Waals surface area contributed by atoms with Crippen molar-refractivity contribution in [2.45, 2.75) is 13.8 Å². The number of carbonyl (C=O) groups is 1. The Morgan fingerprint density at radius 1 is 1.47 bits per heavy atom. The smallest absolute Gasteiger partial charge is 0.261 e. The number of nitrogens with two attached hydrogens (primary N) is 1. The molecular formula is C11H13N5O. The van der Waals surface area contributed by atoms with Crippen molar-refractivity contribution in [1.82, 2.24) is 15.2 Å². The van der Waals surface area contributed by atoms with E-state index in [1.165, 1.54) is 0 Å². The van der Waals surface area contributed by atoms with Gasteiger partial charge in [0.1, 0.15) is 5.56 Å². The van der Waals surface area contributed by atoms with Gasteiger partial charge in [-0.15, -0.1) is 0 Å². The summed E-state index contributed by atoms with van der Waals surface area (Å²) in [5.41, 5.74) is 8.23. The van der Waals surface area contributed by atoms with Crippen LogP contribution in [0.5, 0.6) is 0 Å². The van der Waals surface area contributed by atoms with Crippen molar-refractivity contribution < 1.29 is 4.79 Å². The molecule has 4 N–H and O–H groups in total. The summed E-state index contributed by atoms with van der Waals surface area (Å²) in [5.74, 6) is -0.0913. The van der Waals surface area contributed by atoms with Crippen LogP contribution in [0.15, 0.2) is 18.5 Å². The van der Waals surface area contributed by atoms with Crippen molar-refractivity contribution in [3.05, 3.63) is 35.3 Å². The minimum Gasteiger partial charge on any atom is -0.382 e. The van der Waals surface area contributed by atoms with Crippen molar-refractivity contribution in [2.75, 3.05) is 11.1 Å². The zero-order chi connectivity index (χ0) is 12.4. The lowest BCUT2D eigenvalue weighted by molar-refractivity contribution is 0.102. The first-order chi connectivity index (χ1) is 8.09. The van der Waals surface area contributed by atoms with E-state index in [2.05, 4.69) is 20.5 Å². The first-order valence-corrected chi connectivity index (χ1v) is 5.12. The Kier molecular flexibility index (Phi) is 2.78. The largest absolute Gasteiger partial charge is 0.382 e. The lowest BCUT2D eigenvalue weighted by Gasteiger charge is -2.07. The molecular weight excluding hydrogens is 218 g/mol. The summed E-state index contributed by atoms with van der Waals surface area (Å²) in [5, 5.41) is 9.20. The van der Waals surface area contributed by atoms with E-state index in [1.54, 1.807) is 19.3 Å². The van der Waals surface area contributed by atoms with Gasteiger partial charge in [-0.2, -0.15) is 5.10 Å². The molecule has 0 radical (unpaired) electrons. The van der Waals surface area contributed by atoms with Crippen molar-refractivity contribution in [1.29, 1.82) is 0 Å². The molecule has 0 spiro atoms. The third-order valence-corrected chi connectivity index (χ3v) is 2.49. The van der Waals surface area contributed by atoms with E-state index in [-0.39, 0.29) is 11.7 Å². The highest BCUT2D eigenvalue weighted by Crippen LogP contribution is 2.17. The van der Waals surface area contributed by atoms with Gasteiger partial charge >= 0.3 is 0 Å². The predicted octanol–water partition coefficient (Wildman–Crippen LogP) is 1.26. The highest BCUT2D eigenvalue weighted by Gasteiger charge is 2.16. The molecule has 0 fully saturated rings. The minimum atomic E-state index is -0.287. The highest BCUT2D eigenvalue weighted by molar-refractivity contribution is 6.08. The molecule has 0 aliphatic carbocycles. The third kappa shape index (κ3) is 2.10. The van der Waals surface area contributed by atoms with Crippen LogP contribution in [0, 0.1) is 13.8 Å². The van der Waals surface area contributed by atoms with Crippen molar-refractivity contribution in [3.8, 4) is 0 Å². The van der Waals surface area contributed by atoms with Crippen LogP contribution in [0.1, 0.15) is 21.6 Å². The number of aromatic amines is 1. The molecule has 0 bridgehead atoms. The van der Waals surface area contributed by atoms with Gasteiger partial charge in [0.05, 0.1) is 11.9 Å². The molecule has 0 aromatic carbocycles. The summed E-state index contributed by atoms with van der Waals surface area (Å²) in [6.07, 6.45) is 3.27. The Morgan fingerprint density at radius 3 is 2.82 bits per heavy atom. The zero-order valence-corrected chi connectivity index (χ0v) is 9.61. The fraction of sp³-hybridized carbons (Fsp3) is 0.182. The lowest BCUT2D eigenvalue weighted by atomic mass is 10.2. The molecule has 6 heteroatoms. The summed E-state index contributed by atoms with van der Waals surface area (Å²) >= 11 is 0. The Morgan fingerprint density at radius 2 is 2.24 bits per heavy atom. The first kappa shape index (κ1) is 11.1. The number of aromatic nitrogens is 3. The van der Waals surface area contributed by atoms with Gasteiger partial charge in [0.2, 0.25) is 0 Å². The van der Waals surface area contributed by atoms with Gasteiger partial charge in [0.15, 0.2) is 5.82 Å². The summed E-state index contributed by atoms with van der Waals surface area (Å²) in [6, 6.07) is 1.82. The summed E-state index contributed by atoms with van der Waals surface area (Å²) in [4.78, 5) is 15.9. The van der Waals surface area contributed by atoms with E-state index in [1.807, 2.05) is 13.0 Å². The van der Waals surface area contributed by atoms with Crippen molar-refractivity contribution in [3.63, 3.8) is 0 Å². The summed E-state index contributed by atoms with van der Waals surface area (Å²) in [7, 11) is 0. The number of rotatable bonds is 2. The van der Waals surface area contributed by atoms with Crippen LogP contribution in [0.3, 0.4) is 0 Å². The number of nitrogen functional groups attached to an aromatic ring is 1. The first-order valence-electron chi connectivity index (χ1n) is 5.12. The van der Waals surface area contributed by atoms with Crippen LogP contribution in [0.4, 0.5) is 11.5 Å². The predicted molar refractivity (Wildman–Crippen MR) is 64.7 cm³/mol. The number of hydrogen-bond donors (Lipinski definition) is 3. The van der Waals surface area contributed by atoms with Crippen LogP contribution in [0.25, 0.3) is 0 Å². The molecule has 17 heavy (non-hydrogen) atoms. The van der Waals surface area contributed by atoms with Gasteiger partial charge in [-0.05, 0) is 25.5 Å². The number of aryl methyl sites for hydroxylation is 2. The topological polar surface area (TPSA) is 96.7 Å². The Hall–Kier alpha value is -2.37. The van der Waals surface area contributed by atoms with E-state index in [0.29, 0.717) is 16.9 Å². The number of pyridine rings is 1. The van der Waals surface area contributed by atoms with Gasteiger partial charge in [0, 0.05) is 11.9 Å². The van der Waals surface area contributed by atoms with Crippen LogP contribution in [-0.2, 0) is 0 Å². The van der Waals surface area contributed by atoms with Gasteiger partial charge in [-0.1, -0.05) is 0 Å². The maximum atomic E-state index is 12.0. The Balaban J connectivity index is 2.27. The molecule has 0 saturated heterocycles. The number of amides is 1. The molecule has 0 unspecified atom stereocenters. The molecule has 2 rings (SSSR count). The monoisotopic (exact) mass is 231 g/mol. The standard InChI is InChI=1S/C11H13N5O/c1-6-3-4-13-5-8(6)14-11(17)9-7(2)15-16-10(9)12/h3-5H,1-2H3,(H,14,17)(H3,12,15,16). The van der Waals surface area contributed by atoms with E-state index in [4.69, 9.17) is 5.73 Å². The minimum absolute atomic E-state index is 0.196. The molecule has 0 aliphatic heterocycles. The number of nitrogens with zero attached hydrogens (tertiary/aromatic N) is 2. The van der Waals surface area contributed by atoms with Gasteiger partial charge < -0.3 is 11.1 Å². The Bertz CT molecular complexity index is 541. The van der Waals surface area contributed by atoms with E-state index in [0.717, 1.165) is 5.56 Å². The molecule has 6 nitrogen and oxygen atoms in total. The van der Waals surface area contributed by atoms with E-state index < -0.39 is 0 Å². The number of nitrogens with one attached hydrogen (secondary N) is 2. The fourth-order valence-corrected chi connectivity index (χ4v) is 1.51. The molecule has 88 valence electrons. The maximum Gasteiger partial charge on any atom is 0.261 e. The summed E-state index contributed by atoms with van der Waals surface area (Å²) < 4.78 is 0. The molecule has 1 amide bonds. The summed E-state index contributed by atoms with van der Waals surface area (Å²) in [6.45, 7) is 3.64. The molecule has 0 aliphatic rings. The average Bonchev–Trinajstić information content (AvgIpc) is 2.62. The second-order valence-corrected chi connectivity index (χ2v) is 3.75. The van der Waals surface area contributed by atoms with E-state index in [9.17, 15) is 4.79 Å². The molecule has 0 saturated carbocycles. The van der Waals surface area contributed by atoms with Crippen LogP contribution in [-0.4, -0.2) is 21.1 Å². The second-order valence-electron chi connectivity index (χ2n) is 3.75. The van der Waals surface area contributed by atoms with Crippen LogP contribution >= 0.6 is 0 Å². The normalized spacial score (nSPS) is 10.2. The number of hydrogen-bond acceptors (Lipinski definition) is 4. The third-order valence-electron chi connectivity index (χ3n) is 2.49. The maximum absolute atomic E-state index is 12.0. The molecule has 2 aromatic heterocycles. The molecule has 2 heterocycles. The molecule has 0 atom stereocenters. The SMILES string of the molecule is Cc1ccncc1NC(=O)c1c(N)n[nH]c1C. The zero-order valence-electron chi connectivity index (χ0n) is 9.61. The quantitative estimate of drug-likeness (QED) is 0.724. The van der Waals surface area contributed by atoms with Gasteiger partial charge in [-0.25, -0.2) is 0 Å². The van der Waals surface area contributed by atoms with Crippen LogP contribution < -0.4 is 11.1 Å². The highest BCUT2D eigenvalue weighted by atomic mass is 16.1. The van der Waals surface area contributed by atoms with Crippen LogP contribution in [0.2, 0.25) is 0 Å². The number of carbonyl (C=O) groups excluding carboxylic acids is 1. The van der Waals surface area contributed by atoms with Gasteiger partial charge in [-0.3, -0.25) is 14.9 Å². The Labute approximate surface area is 98.3 Å². The fourth-order valence-electron chi connectivity index (χ4n) is 1.51. The number of anilines is 2. The number of H-pyrrole nitrogens is 1. The second kappa shape index (κ2) is 4.25. The van der Waals surface area contributed by atoms with Gasteiger partial charge in [0.25, 0.3) is 5.91 Å². The van der Waals surface area contributed by atoms with Crippen molar-refractivity contribution in [2.24, 2.45) is 0 Å².